The first-order valence-corrected chi connectivity index (χ1v) is 11.8. The Morgan fingerprint density at radius 2 is 1.97 bits per heavy atom. The van der Waals surface area contributed by atoms with Gasteiger partial charge in [0.15, 0.2) is 5.16 Å². The molecular formula is C21H24F3N5O3S. The Kier molecular flexibility index (Phi) is 6.30. The van der Waals surface area contributed by atoms with Gasteiger partial charge >= 0.3 is 12.2 Å². The second kappa shape index (κ2) is 8.88. The average Bonchev–Trinajstić information content (AvgIpc) is 3.22. The van der Waals surface area contributed by atoms with Crippen molar-refractivity contribution in [2.24, 2.45) is 0 Å². The Morgan fingerprint density at radius 3 is 2.64 bits per heavy atom. The Balaban J connectivity index is 1.47. The van der Waals surface area contributed by atoms with E-state index >= 15 is 0 Å². The van der Waals surface area contributed by atoms with Crippen molar-refractivity contribution in [2.45, 2.75) is 68.9 Å². The number of aryl methyl sites for hydroxylation is 1. The molecule has 0 atom stereocenters. The Morgan fingerprint density at radius 1 is 1.24 bits per heavy atom. The van der Waals surface area contributed by atoms with Crippen LogP contribution in [0.5, 0.6) is 0 Å². The van der Waals surface area contributed by atoms with Gasteiger partial charge in [0.05, 0.1) is 22.3 Å². The minimum absolute atomic E-state index is 0.163. The third-order valence-corrected chi connectivity index (χ3v) is 6.90. The molecular weight excluding hydrogens is 459 g/mol. The Hall–Kier alpha value is -2.76. The molecule has 4 amide bonds. The zero-order chi connectivity index (χ0) is 23.8. The summed E-state index contributed by atoms with van der Waals surface area (Å²) in [6.07, 6.45) is -0.0790. The van der Waals surface area contributed by atoms with Gasteiger partial charge in [0.25, 0.3) is 5.91 Å². The maximum absolute atomic E-state index is 13.1. The Bertz CT molecular complexity index is 1090. The van der Waals surface area contributed by atoms with Crippen LogP contribution in [-0.2, 0) is 22.3 Å². The van der Waals surface area contributed by atoms with E-state index in [1.54, 1.807) is 4.57 Å². The van der Waals surface area contributed by atoms with Crippen LogP contribution >= 0.6 is 11.8 Å². The molecule has 4 rings (SSSR count). The molecule has 0 unspecified atom stereocenters. The fourth-order valence-corrected chi connectivity index (χ4v) is 5.16. The third-order valence-electron chi connectivity index (χ3n) is 5.93. The number of urea groups is 1. The highest BCUT2D eigenvalue weighted by atomic mass is 32.2. The van der Waals surface area contributed by atoms with Crippen molar-refractivity contribution in [3.8, 4) is 0 Å². The van der Waals surface area contributed by atoms with E-state index in [-0.39, 0.29) is 5.75 Å². The number of rotatable bonds is 6. The predicted molar refractivity (Wildman–Crippen MR) is 115 cm³/mol. The maximum atomic E-state index is 13.1. The standard InChI is InChI=1S/C21H24F3N5O3S/c1-2-10-28-15-11-13(21(22,23)24)6-7-14(15)25-19(28)33-12-16(30)27-29-17(31)20(26-18(29)32)8-4-3-5-9-20/h6-7,11H,2-5,8-10,12H2,1H3,(H,26,32)(H,27,30). The first-order valence-electron chi connectivity index (χ1n) is 10.8. The van der Waals surface area contributed by atoms with Crippen LogP contribution in [0.15, 0.2) is 23.4 Å². The molecule has 2 N–H and O–H groups in total. The van der Waals surface area contributed by atoms with Crippen LogP contribution in [0.1, 0.15) is 51.0 Å². The van der Waals surface area contributed by atoms with Gasteiger partial charge in [-0.05, 0) is 37.5 Å². The highest BCUT2D eigenvalue weighted by Crippen LogP contribution is 2.34. The second-order valence-corrected chi connectivity index (χ2v) is 9.23. The number of imidazole rings is 1. The summed E-state index contributed by atoms with van der Waals surface area (Å²) < 4.78 is 41.0. The largest absolute Gasteiger partial charge is 0.416 e. The summed E-state index contributed by atoms with van der Waals surface area (Å²) in [6.45, 7) is 2.32. The van der Waals surface area contributed by atoms with Crippen LogP contribution in [0.2, 0.25) is 0 Å². The van der Waals surface area contributed by atoms with Crippen molar-refractivity contribution in [1.82, 2.24) is 25.3 Å². The lowest BCUT2D eigenvalue weighted by molar-refractivity contribution is -0.139. The van der Waals surface area contributed by atoms with Gasteiger partial charge in [-0.3, -0.25) is 15.0 Å². The number of nitrogens with one attached hydrogen (secondary N) is 2. The second-order valence-electron chi connectivity index (χ2n) is 8.28. The molecule has 1 aromatic heterocycles. The van der Waals surface area contributed by atoms with Gasteiger partial charge in [-0.25, -0.2) is 9.78 Å². The topological polar surface area (TPSA) is 96.3 Å². The molecule has 1 spiro atoms. The molecule has 0 bridgehead atoms. The molecule has 2 aliphatic rings. The summed E-state index contributed by atoms with van der Waals surface area (Å²) in [5, 5.41) is 3.84. The van der Waals surface area contributed by atoms with Gasteiger partial charge in [0, 0.05) is 6.54 Å². The van der Waals surface area contributed by atoms with E-state index in [2.05, 4.69) is 15.7 Å². The number of imide groups is 1. The number of hydrazine groups is 1. The molecule has 33 heavy (non-hydrogen) atoms. The third kappa shape index (κ3) is 4.53. The van der Waals surface area contributed by atoms with Crippen LogP contribution in [0, 0.1) is 0 Å². The lowest BCUT2D eigenvalue weighted by Gasteiger charge is -2.30. The fraction of sp³-hybridized carbons (Fsp3) is 0.524. The molecule has 1 aliphatic heterocycles. The first-order chi connectivity index (χ1) is 15.6. The van der Waals surface area contributed by atoms with Crippen molar-refractivity contribution in [2.75, 3.05) is 5.75 Å². The number of halogens is 3. The van der Waals surface area contributed by atoms with E-state index < -0.39 is 35.1 Å². The molecule has 2 fully saturated rings. The van der Waals surface area contributed by atoms with Gasteiger partial charge in [-0.15, -0.1) is 0 Å². The minimum atomic E-state index is -4.47. The number of hydrogen-bond donors (Lipinski definition) is 2. The SMILES string of the molecule is CCCn1c(SCC(=O)NN2C(=O)NC3(CCCCC3)C2=O)nc2ccc(C(F)(F)F)cc21. The molecule has 8 nitrogen and oxygen atoms in total. The number of aromatic nitrogens is 2. The summed E-state index contributed by atoms with van der Waals surface area (Å²) in [7, 11) is 0. The highest BCUT2D eigenvalue weighted by molar-refractivity contribution is 7.99. The first kappa shape index (κ1) is 23.4. The normalized spacial score (nSPS) is 18.2. The van der Waals surface area contributed by atoms with Crippen molar-refractivity contribution in [1.29, 1.82) is 0 Å². The molecule has 2 aromatic rings. The number of benzene rings is 1. The summed E-state index contributed by atoms with van der Waals surface area (Å²) in [4.78, 5) is 42.0. The van der Waals surface area contributed by atoms with E-state index in [1.165, 1.54) is 6.07 Å². The number of carbonyl (C=O) groups is 3. The van der Waals surface area contributed by atoms with Crippen LogP contribution in [0.4, 0.5) is 18.0 Å². The number of carbonyl (C=O) groups excluding carboxylic acids is 3. The van der Waals surface area contributed by atoms with E-state index in [0.717, 1.165) is 48.2 Å². The smallest absolute Gasteiger partial charge is 0.322 e. The molecule has 178 valence electrons. The summed E-state index contributed by atoms with van der Waals surface area (Å²) >= 11 is 1.04. The quantitative estimate of drug-likeness (QED) is 0.481. The summed E-state index contributed by atoms with van der Waals surface area (Å²) in [6, 6.07) is 2.69. The molecule has 1 aromatic carbocycles. The van der Waals surface area contributed by atoms with Crippen LogP contribution in [0.3, 0.4) is 0 Å². The lowest BCUT2D eigenvalue weighted by Crippen LogP contribution is -2.51. The van der Waals surface area contributed by atoms with E-state index in [9.17, 15) is 27.6 Å². The number of thioether (sulfide) groups is 1. The number of alkyl halides is 3. The fourth-order valence-electron chi connectivity index (χ4n) is 4.33. The van der Waals surface area contributed by atoms with Crippen molar-refractivity contribution in [3.05, 3.63) is 23.8 Å². The van der Waals surface area contributed by atoms with Gasteiger partial charge in [0.2, 0.25) is 5.91 Å². The van der Waals surface area contributed by atoms with Gasteiger partial charge < -0.3 is 9.88 Å². The molecule has 12 heteroatoms. The molecule has 1 saturated heterocycles. The number of hydrogen-bond acceptors (Lipinski definition) is 5. The van der Waals surface area contributed by atoms with Gasteiger partial charge in [-0.1, -0.05) is 37.9 Å². The molecule has 0 radical (unpaired) electrons. The Labute approximate surface area is 192 Å². The average molecular weight is 484 g/mol. The molecule has 1 saturated carbocycles. The zero-order valence-electron chi connectivity index (χ0n) is 18.0. The van der Waals surface area contributed by atoms with E-state index in [1.807, 2.05) is 6.92 Å². The highest BCUT2D eigenvalue weighted by Gasteiger charge is 2.52. The monoisotopic (exact) mass is 483 g/mol. The summed E-state index contributed by atoms with van der Waals surface area (Å²) in [5.74, 6) is -1.20. The van der Waals surface area contributed by atoms with Crippen LogP contribution < -0.4 is 10.7 Å². The molecule has 2 heterocycles. The number of amides is 4. The minimum Gasteiger partial charge on any atom is -0.322 e. The summed E-state index contributed by atoms with van der Waals surface area (Å²) in [5.41, 5.74) is 1.38. The lowest BCUT2D eigenvalue weighted by atomic mass is 9.82. The number of fused-ring (bicyclic) bond motifs is 1. The zero-order valence-corrected chi connectivity index (χ0v) is 18.8. The van der Waals surface area contributed by atoms with Crippen molar-refractivity contribution in [3.63, 3.8) is 0 Å². The van der Waals surface area contributed by atoms with Crippen LogP contribution in [0.25, 0.3) is 11.0 Å². The van der Waals surface area contributed by atoms with E-state index in [0.29, 0.717) is 42.0 Å². The predicted octanol–water partition coefficient (Wildman–Crippen LogP) is 3.84. The van der Waals surface area contributed by atoms with Crippen molar-refractivity contribution >= 4 is 40.6 Å². The van der Waals surface area contributed by atoms with Gasteiger partial charge in [-0.2, -0.15) is 18.2 Å². The van der Waals surface area contributed by atoms with Gasteiger partial charge in [0.1, 0.15) is 5.54 Å². The van der Waals surface area contributed by atoms with E-state index in [4.69, 9.17) is 0 Å². The van der Waals surface area contributed by atoms with Crippen LogP contribution in [-0.4, -0.2) is 43.7 Å². The maximum Gasteiger partial charge on any atom is 0.416 e. The van der Waals surface area contributed by atoms with Crippen molar-refractivity contribution < 1.29 is 27.6 Å². The molecule has 1 aliphatic carbocycles. The number of nitrogens with zero attached hydrogens (tertiary/aromatic N) is 3.